The Bertz CT molecular complexity index is 103. The molecule has 0 heterocycles. The quantitative estimate of drug-likeness (QED) is 0.313. The fourth-order valence-corrected chi connectivity index (χ4v) is 1.08. The van der Waals surface area contributed by atoms with Crippen molar-refractivity contribution in [3.05, 3.63) is 12.7 Å². The molecule has 2 heteroatoms. The summed E-state index contributed by atoms with van der Waals surface area (Å²) in [7, 11) is 0. The molecule has 13 heavy (non-hydrogen) atoms. The molecule has 0 rings (SSSR count). The molecule has 0 bridgehead atoms. The maximum atomic E-state index is 5.44. The van der Waals surface area contributed by atoms with Crippen LogP contribution in [-0.2, 0) is 9.47 Å². The number of rotatable bonds is 9. The summed E-state index contributed by atoms with van der Waals surface area (Å²) in [6.45, 7) is 8.99. The number of hydrogen-bond donors (Lipinski definition) is 0. The van der Waals surface area contributed by atoms with Crippen molar-refractivity contribution in [2.75, 3.05) is 13.4 Å². The lowest BCUT2D eigenvalue weighted by molar-refractivity contribution is -0.0737. The SMILES string of the molecule is C=CC(CCCCC)OCOCC. The van der Waals surface area contributed by atoms with Crippen LogP contribution in [0.3, 0.4) is 0 Å². The summed E-state index contributed by atoms with van der Waals surface area (Å²) in [6, 6.07) is 0. The molecule has 0 aromatic carbocycles. The molecule has 0 aliphatic heterocycles. The summed E-state index contributed by atoms with van der Waals surface area (Å²) in [6.07, 6.45) is 6.80. The van der Waals surface area contributed by atoms with Gasteiger partial charge in [-0.05, 0) is 13.3 Å². The van der Waals surface area contributed by atoms with Crippen LogP contribution in [0.25, 0.3) is 0 Å². The Balaban J connectivity index is 3.34. The molecule has 0 aliphatic rings. The molecule has 0 aromatic rings. The molecular weight excluding hydrogens is 164 g/mol. The highest BCUT2D eigenvalue weighted by atomic mass is 16.7. The zero-order chi connectivity index (χ0) is 9.94. The smallest absolute Gasteiger partial charge is 0.147 e. The summed E-state index contributed by atoms with van der Waals surface area (Å²) >= 11 is 0. The fourth-order valence-electron chi connectivity index (χ4n) is 1.08. The van der Waals surface area contributed by atoms with Crippen molar-refractivity contribution < 1.29 is 9.47 Å². The van der Waals surface area contributed by atoms with Gasteiger partial charge in [0.2, 0.25) is 0 Å². The average Bonchev–Trinajstić information content (AvgIpc) is 2.16. The Labute approximate surface area is 81.9 Å². The van der Waals surface area contributed by atoms with E-state index in [9.17, 15) is 0 Å². The second-order valence-corrected chi connectivity index (χ2v) is 3.05. The molecule has 0 saturated heterocycles. The van der Waals surface area contributed by atoms with Gasteiger partial charge in [0.15, 0.2) is 0 Å². The Morgan fingerprint density at radius 1 is 1.31 bits per heavy atom. The van der Waals surface area contributed by atoms with Gasteiger partial charge in [0, 0.05) is 6.61 Å². The number of hydrogen-bond acceptors (Lipinski definition) is 2. The summed E-state index contributed by atoms with van der Waals surface area (Å²) in [4.78, 5) is 0. The van der Waals surface area contributed by atoms with Crippen LogP contribution >= 0.6 is 0 Å². The van der Waals surface area contributed by atoms with Gasteiger partial charge in [-0.15, -0.1) is 6.58 Å². The molecule has 1 unspecified atom stereocenters. The Kier molecular flexibility index (Phi) is 9.49. The minimum atomic E-state index is 0.165. The lowest BCUT2D eigenvalue weighted by atomic mass is 10.1. The second kappa shape index (κ2) is 9.75. The van der Waals surface area contributed by atoms with E-state index in [1.807, 2.05) is 13.0 Å². The average molecular weight is 186 g/mol. The van der Waals surface area contributed by atoms with Crippen molar-refractivity contribution in [1.82, 2.24) is 0 Å². The van der Waals surface area contributed by atoms with Crippen molar-refractivity contribution in [1.29, 1.82) is 0 Å². The third kappa shape index (κ3) is 8.00. The van der Waals surface area contributed by atoms with Crippen molar-refractivity contribution in [2.24, 2.45) is 0 Å². The lowest BCUT2D eigenvalue weighted by Crippen LogP contribution is -2.12. The first kappa shape index (κ1) is 12.7. The number of ether oxygens (including phenoxy) is 2. The van der Waals surface area contributed by atoms with Gasteiger partial charge in [-0.2, -0.15) is 0 Å². The molecule has 0 saturated carbocycles. The highest BCUT2D eigenvalue weighted by Crippen LogP contribution is 2.07. The van der Waals surface area contributed by atoms with E-state index in [1.54, 1.807) is 0 Å². The van der Waals surface area contributed by atoms with E-state index in [4.69, 9.17) is 9.47 Å². The minimum Gasteiger partial charge on any atom is -0.356 e. The largest absolute Gasteiger partial charge is 0.356 e. The van der Waals surface area contributed by atoms with Crippen LogP contribution < -0.4 is 0 Å². The van der Waals surface area contributed by atoms with Crippen LogP contribution in [-0.4, -0.2) is 19.5 Å². The maximum absolute atomic E-state index is 5.44. The molecule has 0 N–H and O–H groups in total. The molecule has 0 aromatic heterocycles. The van der Waals surface area contributed by atoms with Crippen LogP contribution in [0.5, 0.6) is 0 Å². The van der Waals surface area contributed by atoms with Gasteiger partial charge < -0.3 is 9.47 Å². The topological polar surface area (TPSA) is 18.5 Å². The molecule has 78 valence electrons. The van der Waals surface area contributed by atoms with Crippen LogP contribution in [0.15, 0.2) is 12.7 Å². The van der Waals surface area contributed by atoms with Crippen LogP contribution in [0.4, 0.5) is 0 Å². The van der Waals surface area contributed by atoms with E-state index in [1.165, 1.54) is 19.3 Å². The highest BCUT2D eigenvalue weighted by Gasteiger charge is 2.02. The van der Waals surface area contributed by atoms with E-state index in [0.29, 0.717) is 13.4 Å². The zero-order valence-electron chi connectivity index (χ0n) is 8.92. The Hall–Kier alpha value is -0.340. The standard InChI is InChI=1S/C11H22O2/c1-4-7-8-9-11(5-2)13-10-12-6-3/h5,11H,2,4,6-10H2,1,3H3. The Morgan fingerprint density at radius 3 is 2.62 bits per heavy atom. The van der Waals surface area contributed by atoms with Crippen molar-refractivity contribution in [3.8, 4) is 0 Å². The molecule has 0 spiro atoms. The van der Waals surface area contributed by atoms with E-state index >= 15 is 0 Å². The molecule has 1 atom stereocenters. The second-order valence-electron chi connectivity index (χ2n) is 3.05. The van der Waals surface area contributed by atoms with Gasteiger partial charge in [-0.25, -0.2) is 0 Å². The Morgan fingerprint density at radius 2 is 2.08 bits per heavy atom. The van der Waals surface area contributed by atoms with Gasteiger partial charge >= 0.3 is 0 Å². The lowest BCUT2D eigenvalue weighted by Gasteiger charge is -2.13. The van der Waals surface area contributed by atoms with Crippen LogP contribution in [0.1, 0.15) is 39.5 Å². The third-order valence-corrected chi connectivity index (χ3v) is 1.92. The first-order chi connectivity index (χ1) is 6.35. The first-order valence-corrected chi connectivity index (χ1v) is 5.17. The predicted octanol–water partition coefficient (Wildman–Crippen LogP) is 3.13. The third-order valence-electron chi connectivity index (χ3n) is 1.92. The summed E-state index contributed by atoms with van der Waals surface area (Å²) < 4.78 is 10.5. The van der Waals surface area contributed by atoms with Crippen molar-refractivity contribution in [2.45, 2.75) is 45.6 Å². The van der Waals surface area contributed by atoms with E-state index < -0.39 is 0 Å². The molecule has 2 nitrogen and oxygen atoms in total. The van der Waals surface area contributed by atoms with E-state index in [2.05, 4.69) is 13.5 Å². The molecule has 0 fully saturated rings. The van der Waals surface area contributed by atoms with E-state index in [-0.39, 0.29) is 6.10 Å². The van der Waals surface area contributed by atoms with Crippen LogP contribution in [0.2, 0.25) is 0 Å². The van der Waals surface area contributed by atoms with E-state index in [0.717, 1.165) is 6.42 Å². The van der Waals surface area contributed by atoms with Gasteiger partial charge in [-0.3, -0.25) is 0 Å². The van der Waals surface area contributed by atoms with Gasteiger partial charge in [0.05, 0.1) is 6.10 Å². The molecule has 0 aliphatic carbocycles. The van der Waals surface area contributed by atoms with Gasteiger partial charge in [-0.1, -0.05) is 32.3 Å². The molecule has 0 amide bonds. The fraction of sp³-hybridized carbons (Fsp3) is 0.818. The number of unbranched alkanes of at least 4 members (excludes halogenated alkanes) is 2. The monoisotopic (exact) mass is 186 g/mol. The van der Waals surface area contributed by atoms with Crippen LogP contribution in [0, 0.1) is 0 Å². The minimum absolute atomic E-state index is 0.165. The van der Waals surface area contributed by atoms with Gasteiger partial charge in [0.1, 0.15) is 6.79 Å². The molecular formula is C11H22O2. The van der Waals surface area contributed by atoms with Crippen molar-refractivity contribution in [3.63, 3.8) is 0 Å². The zero-order valence-corrected chi connectivity index (χ0v) is 8.92. The summed E-state index contributed by atoms with van der Waals surface area (Å²) in [5.74, 6) is 0. The highest BCUT2D eigenvalue weighted by molar-refractivity contribution is 4.79. The first-order valence-electron chi connectivity index (χ1n) is 5.17. The maximum Gasteiger partial charge on any atom is 0.147 e. The summed E-state index contributed by atoms with van der Waals surface area (Å²) in [5, 5.41) is 0. The van der Waals surface area contributed by atoms with Crippen molar-refractivity contribution >= 4 is 0 Å². The van der Waals surface area contributed by atoms with Gasteiger partial charge in [0.25, 0.3) is 0 Å². The normalized spacial score (nSPS) is 12.8. The predicted molar refractivity (Wildman–Crippen MR) is 55.7 cm³/mol. The summed E-state index contributed by atoms with van der Waals surface area (Å²) in [5.41, 5.74) is 0. The molecule has 0 radical (unpaired) electrons.